The highest BCUT2D eigenvalue weighted by Crippen LogP contribution is 2.34. The van der Waals surface area contributed by atoms with Gasteiger partial charge in [-0.05, 0) is 38.3 Å². The summed E-state index contributed by atoms with van der Waals surface area (Å²) in [5.74, 6) is -1.52. The zero-order chi connectivity index (χ0) is 20.1. The predicted molar refractivity (Wildman–Crippen MR) is 101 cm³/mol. The number of anilines is 1. The van der Waals surface area contributed by atoms with Crippen molar-refractivity contribution < 1.29 is 23.9 Å². The molecular formula is C18H23N3O5S. The SMILES string of the molecule is CCCOC(=O)c1c(NC(=O)C(C)n2cc(C)cn2)sc(C(=O)OC)c1C. The number of nitrogens with one attached hydrogen (secondary N) is 1. The first kappa shape index (κ1) is 20.6. The molecule has 2 aromatic heterocycles. The molecule has 9 heteroatoms. The molecule has 1 N–H and O–H groups in total. The van der Waals surface area contributed by atoms with Crippen LogP contribution in [0, 0.1) is 13.8 Å². The Balaban J connectivity index is 2.34. The summed E-state index contributed by atoms with van der Waals surface area (Å²) in [6, 6.07) is -0.595. The average Bonchev–Trinajstić information content (AvgIpc) is 3.21. The second-order valence-corrected chi connectivity index (χ2v) is 7.07. The molecule has 0 fully saturated rings. The van der Waals surface area contributed by atoms with Crippen LogP contribution in [0.2, 0.25) is 0 Å². The number of hydrogen-bond acceptors (Lipinski definition) is 7. The van der Waals surface area contributed by atoms with Crippen molar-refractivity contribution in [1.29, 1.82) is 0 Å². The number of ether oxygens (including phenoxy) is 2. The van der Waals surface area contributed by atoms with Crippen molar-refractivity contribution in [2.75, 3.05) is 19.0 Å². The van der Waals surface area contributed by atoms with Gasteiger partial charge in [-0.2, -0.15) is 5.10 Å². The number of hydrogen-bond donors (Lipinski definition) is 1. The van der Waals surface area contributed by atoms with Crippen LogP contribution in [0.1, 0.15) is 57.5 Å². The first-order chi connectivity index (χ1) is 12.8. The van der Waals surface area contributed by atoms with Crippen LogP contribution in [-0.4, -0.2) is 41.3 Å². The fraction of sp³-hybridized carbons (Fsp3) is 0.444. The summed E-state index contributed by atoms with van der Waals surface area (Å²) < 4.78 is 11.5. The minimum absolute atomic E-state index is 0.172. The van der Waals surface area contributed by atoms with E-state index in [2.05, 4.69) is 10.4 Å². The molecule has 8 nitrogen and oxygen atoms in total. The molecular weight excluding hydrogens is 370 g/mol. The number of aromatic nitrogens is 2. The summed E-state index contributed by atoms with van der Waals surface area (Å²) in [6.45, 7) is 7.32. The first-order valence-electron chi connectivity index (χ1n) is 8.50. The summed E-state index contributed by atoms with van der Waals surface area (Å²) in [7, 11) is 1.26. The van der Waals surface area contributed by atoms with Crippen LogP contribution in [0.3, 0.4) is 0 Å². The van der Waals surface area contributed by atoms with Gasteiger partial charge in [-0.3, -0.25) is 9.48 Å². The lowest BCUT2D eigenvalue weighted by molar-refractivity contribution is -0.119. The topological polar surface area (TPSA) is 99.5 Å². The van der Waals surface area contributed by atoms with Gasteiger partial charge in [0.25, 0.3) is 0 Å². The maximum atomic E-state index is 12.6. The molecule has 1 unspecified atom stereocenters. The average molecular weight is 393 g/mol. The van der Waals surface area contributed by atoms with Gasteiger partial charge in [-0.15, -0.1) is 11.3 Å². The lowest BCUT2D eigenvalue weighted by atomic mass is 10.1. The lowest BCUT2D eigenvalue weighted by Gasteiger charge is -2.13. The number of amides is 1. The molecule has 1 atom stereocenters. The first-order valence-corrected chi connectivity index (χ1v) is 9.32. The second kappa shape index (κ2) is 8.81. The number of methoxy groups -OCH3 is 1. The second-order valence-electron chi connectivity index (χ2n) is 6.05. The maximum Gasteiger partial charge on any atom is 0.348 e. The van der Waals surface area contributed by atoms with Crippen LogP contribution in [0.4, 0.5) is 5.00 Å². The highest BCUT2D eigenvalue weighted by Gasteiger charge is 2.28. The zero-order valence-corrected chi connectivity index (χ0v) is 16.8. The van der Waals surface area contributed by atoms with Gasteiger partial charge in [-0.1, -0.05) is 6.92 Å². The van der Waals surface area contributed by atoms with Gasteiger partial charge in [0, 0.05) is 6.20 Å². The number of carbonyl (C=O) groups is 3. The number of carbonyl (C=O) groups excluding carboxylic acids is 3. The smallest absolute Gasteiger partial charge is 0.348 e. The Kier molecular flexibility index (Phi) is 6.73. The van der Waals surface area contributed by atoms with E-state index in [9.17, 15) is 14.4 Å². The van der Waals surface area contributed by atoms with E-state index in [0.717, 1.165) is 16.9 Å². The van der Waals surface area contributed by atoms with E-state index >= 15 is 0 Å². The Morgan fingerprint density at radius 3 is 2.56 bits per heavy atom. The number of aryl methyl sites for hydroxylation is 1. The fourth-order valence-corrected chi connectivity index (χ4v) is 3.50. The van der Waals surface area contributed by atoms with Gasteiger partial charge in [0.2, 0.25) is 5.91 Å². The van der Waals surface area contributed by atoms with Crippen LogP contribution >= 0.6 is 11.3 Å². The van der Waals surface area contributed by atoms with Crippen LogP contribution < -0.4 is 5.32 Å². The number of esters is 2. The minimum Gasteiger partial charge on any atom is -0.465 e. The third kappa shape index (κ3) is 4.54. The lowest BCUT2D eigenvalue weighted by Crippen LogP contribution is -2.24. The maximum absolute atomic E-state index is 12.6. The molecule has 27 heavy (non-hydrogen) atoms. The molecule has 0 aliphatic rings. The molecule has 0 aliphatic carbocycles. The monoisotopic (exact) mass is 393 g/mol. The summed E-state index contributed by atoms with van der Waals surface area (Å²) in [5.41, 5.74) is 1.52. The van der Waals surface area contributed by atoms with Gasteiger partial charge in [0.05, 0.1) is 25.5 Å². The molecule has 0 spiro atoms. The van der Waals surface area contributed by atoms with E-state index in [4.69, 9.17) is 9.47 Å². The van der Waals surface area contributed by atoms with Crippen LogP contribution in [0.5, 0.6) is 0 Å². The molecule has 0 radical (unpaired) electrons. The molecule has 146 valence electrons. The van der Waals surface area contributed by atoms with E-state index in [-0.39, 0.29) is 28.0 Å². The Morgan fingerprint density at radius 2 is 2.00 bits per heavy atom. The highest BCUT2D eigenvalue weighted by atomic mass is 32.1. The fourth-order valence-electron chi connectivity index (χ4n) is 2.38. The summed E-state index contributed by atoms with van der Waals surface area (Å²) >= 11 is 0.990. The largest absolute Gasteiger partial charge is 0.465 e. The normalized spacial score (nSPS) is 11.7. The quantitative estimate of drug-likeness (QED) is 0.726. The molecule has 1 amide bonds. The van der Waals surface area contributed by atoms with Crippen molar-refractivity contribution in [1.82, 2.24) is 9.78 Å². The number of nitrogens with zero attached hydrogens (tertiary/aromatic N) is 2. The van der Waals surface area contributed by atoms with E-state index in [1.807, 2.05) is 13.8 Å². The van der Waals surface area contributed by atoms with E-state index in [1.54, 1.807) is 26.2 Å². The zero-order valence-electron chi connectivity index (χ0n) is 16.0. The van der Waals surface area contributed by atoms with Gasteiger partial charge in [0.15, 0.2) is 0 Å². The highest BCUT2D eigenvalue weighted by molar-refractivity contribution is 7.18. The summed E-state index contributed by atoms with van der Waals surface area (Å²) in [4.78, 5) is 37.3. The van der Waals surface area contributed by atoms with E-state index in [0.29, 0.717) is 12.0 Å². The number of rotatable bonds is 7. The number of thiophene rings is 1. The molecule has 0 bridgehead atoms. The van der Waals surface area contributed by atoms with Gasteiger partial charge < -0.3 is 14.8 Å². The van der Waals surface area contributed by atoms with Gasteiger partial charge in [-0.25, -0.2) is 9.59 Å². The van der Waals surface area contributed by atoms with Crippen LogP contribution in [0.25, 0.3) is 0 Å². The third-order valence-electron chi connectivity index (χ3n) is 3.90. The Labute approximate surface area is 161 Å². The van der Waals surface area contributed by atoms with Crippen molar-refractivity contribution in [3.8, 4) is 0 Å². The molecule has 0 saturated carbocycles. The Hall–Kier alpha value is -2.68. The molecule has 0 aromatic carbocycles. The van der Waals surface area contributed by atoms with Gasteiger partial charge >= 0.3 is 11.9 Å². The predicted octanol–water partition coefficient (Wildman–Crippen LogP) is 3.11. The van der Waals surface area contributed by atoms with Gasteiger partial charge in [0.1, 0.15) is 15.9 Å². The van der Waals surface area contributed by atoms with Crippen molar-refractivity contribution >= 4 is 34.2 Å². The van der Waals surface area contributed by atoms with Crippen molar-refractivity contribution in [3.05, 3.63) is 34.0 Å². The minimum atomic E-state index is -0.595. The Bertz CT molecular complexity index is 855. The van der Waals surface area contributed by atoms with Crippen molar-refractivity contribution in [2.24, 2.45) is 0 Å². The van der Waals surface area contributed by atoms with E-state index in [1.165, 1.54) is 11.8 Å². The standard InChI is InChI=1S/C18H23N3O5S/c1-6-7-26-17(23)13-11(3)14(18(24)25-5)27-16(13)20-15(22)12(4)21-9-10(2)8-19-21/h8-9,12H,6-7H2,1-5H3,(H,20,22). The van der Waals surface area contributed by atoms with Crippen LogP contribution in [0.15, 0.2) is 12.4 Å². The molecule has 0 aliphatic heterocycles. The van der Waals surface area contributed by atoms with Crippen molar-refractivity contribution in [2.45, 2.75) is 40.2 Å². The molecule has 2 aromatic rings. The van der Waals surface area contributed by atoms with E-state index < -0.39 is 18.0 Å². The third-order valence-corrected chi connectivity index (χ3v) is 5.09. The summed E-state index contributed by atoms with van der Waals surface area (Å²) in [5, 5.41) is 7.12. The van der Waals surface area contributed by atoms with Crippen molar-refractivity contribution in [3.63, 3.8) is 0 Å². The molecule has 0 saturated heterocycles. The van der Waals surface area contributed by atoms with Crippen LogP contribution in [-0.2, 0) is 14.3 Å². The Morgan fingerprint density at radius 1 is 1.30 bits per heavy atom. The summed E-state index contributed by atoms with van der Waals surface area (Å²) in [6.07, 6.45) is 4.07. The molecule has 2 rings (SSSR count). The molecule has 2 heterocycles.